The Bertz CT molecular complexity index is 368. The molecule has 0 saturated heterocycles. The molecular weight excluding hydrogens is 298 g/mol. The van der Waals surface area contributed by atoms with Crippen molar-refractivity contribution in [1.82, 2.24) is 15.1 Å². The maximum Gasteiger partial charge on any atom is 0.0738 e. The average molecular weight is 320 g/mol. The Morgan fingerprint density at radius 1 is 1.56 bits per heavy atom. The third kappa shape index (κ3) is 4.35. The summed E-state index contributed by atoms with van der Waals surface area (Å²) >= 11 is 3.53. The Labute approximate surface area is 117 Å². The molecule has 1 atom stereocenters. The fraction of sp³-hybridized carbons (Fsp3) is 0.750. The van der Waals surface area contributed by atoms with Crippen molar-refractivity contribution in [1.29, 1.82) is 0 Å². The second-order valence-electron chi connectivity index (χ2n) is 4.22. The molecule has 0 aliphatic heterocycles. The van der Waals surface area contributed by atoms with E-state index in [2.05, 4.69) is 26.3 Å². The number of aromatic nitrogens is 2. The Kier molecular flexibility index (Phi) is 6.85. The standard InChI is InChI=1S/C12H22BrN3O2/c1-4-16-11(12(13)9(2)15-16)7-10(17)8-14-5-6-18-3/h10,14,17H,4-8H2,1-3H3. The van der Waals surface area contributed by atoms with Gasteiger partial charge in [0.05, 0.1) is 28.6 Å². The van der Waals surface area contributed by atoms with Gasteiger partial charge in [-0.2, -0.15) is 5.10 Å². The molecule has 1 unspecified atom stereocenters. The molecule has 18 heavy (non-hydrogen) atoms. The van der Waals surface area contributed by atoms with Crippen LogP contribution >= 0.6 is 15.9 Å². The smallest absolute Gasteiger partial charge is 0.0738 e. The zero-order chi connectivity index (χ0) is 13.5. The molecule has 0 aliphatic carbocycles. The van der Waals surface area contributed by atoms with E-state index in [4.69, 9.17) is 4.74 Å². The fourth-order valence-corrected chi connectivity index (χ4v) is 2.25. The summed E-state index contributed by atoms with van der Waals surface area (Å²) in [6, 6.07) is 0. The molecule has 0 radical (unpaired) electrons. The molecule has 104 valence electrons. The number of halogens is 1. The van der Waals surface area contributed by atoms with Crippen LogP contribution in [0.2, 0.25) is 0 Å². The van der Waals surface area contributed by atoms with Crippen molar-refractivity contribution in [2.75, 3.05) is 26.8 Å². The van der Waals surface area contributed by atoms with Gasteiger partial charge in [-0.1, -0.05) is 0 Å². The molecule has 0 aromatic carbocycles. The molecule has 5 nitrogen and oxygen atoms in total. The van der Waals surface area contributed by atoms with E-state index in [-0.39, 0.29) is 0 Å². The maximum atomic E-state index is 9.99. The highest BCUT2D eigenvalue weighted by molar-refractivity contribution is 9.10. The Hall–Kier alpha value is -0.430. The molecule has 0 saturated carbocycles. The lowest BCUT2D eigenvalue weighted by Crippen LogP contribution is -2.31. The number of aliphatic hydroxyl groups excluding tert-OH is 1. The number of hydrogen-bond acceptors (Lipinski definition) is 4. The van der Waals surface area contributed by atoms with Crippen molar-refractivity contribution in [2.45, 2.75) is 32.9 Å². The van der Waals surface area contributed by atoms with Crippen LogP contribution in [0, 0.1) is 6.92 Å². The summed E-state index contributed by atoms with van der Waals surface area (Å²) in [6.45, 7) is 6.78. The van der Waals surface area contributed by atoms with Crippen LogP contribution < -0.4 is 5.32 Å². The first-order valence-electron chi connectivity index (χ1n) is 6.19. The minimum atomic E-state index is -0.417. The summed E-state index contributed by atoms with van der Waals surface area (Å²) in [6.07, 6.45) is 0.175. The number of aryl methyl sites for hydroxylation is 2. The molecule has 0 bridgehead atoms. The van der Waals surface area contributed by atoms with Crippen LogP contribution in [0.1, 0.15) is 18.3 Å². The maximum absolute atomic E-state index is 9.99. The topological polar surface area (TPSA) is 59.3 Å². The van der Waals surface area contributed by atoms with E-state index in [1.807, 2.05) is 18.5 Å². The molecule has 2 N–H and O–H groups in total. The van der Waals surface area contributed by atoms with E-state index in [1.165, 1.54) is 0 Å². The van der Waals surface area contributed by atoms with E-state index in [1.54, 1.807) is 7.11 Å². The van der Waals surface area contributed by atoms with Crippen LogP contribution in [-0.4, -0.2) is 47.8 Å². The first-order chi connectivity index (χ1) is 8.60. The van der Waals surface area contributed by atoms with Crippen molar-refractivity contribution in [3.8, 4) is 0 Å². The van der Waals surface area contributed by atoms with Crippen LogP contribution in [0.25, 0.3) is 0 Å². The van der Waals surface area contributed by atoms with Crippen LogP contribution in [0.15, 0.2) is 4.47 Å². The number of nitrogens with zero attached hydrogens (tertiary/aromatic N) is 2. The van der Waals surface area contributed by atoms with Crippen LogP contribution in [-0.2, 0) is 17.7 Å². The molecule has 1 heterocycles. The van der Waals surface area contributed by atoms with E-state index in [9.17, 15) is 5.11 Å². The van der Waals surface area contributed by atoms with Gasteiger partial charge in [0, 0.05) is 33.2 Å². The van der Waals surface area contributed by atoms with Gasteiger partial charge in [-0.3, -0.25) is 4.68 Å². The predicted molar refractivity (Wildman–Crippen MR) is 74.8 cm³/mol. The monoisotopic (exact) mass is 319 g/mol. The minimum absolute atomic E-state index is 0.417. The van der Waals surface area contributed by atoms with Crippen LogP contribution in [0.4, 0.5) is 0 Å². The number of ether oxygens (including phenoxy) is 1. The van der Waals surface area contributed by atoms with Gasteiger partial charge in [0.2, 0.25) is 0 Å². The summed E-state index contributed by atoms with van der Waals surface area (Å²) in [7, 11) is 1.66. The van der Waals surface area contributed by atoms with Crippen molar-refractivity contribution < 1.29 is 9.84 Å². The van der Waals surface area contributed by atoms with Gasteiger partial charge in [-0.05, 0) is 29.8 Å². The minimum Gasteiger partial charge on any atom is -0.391 e. The third-order valence-electron chi connectivity index (χ3n) is 2.74. The molecule has 6 heteroatoms. The molecule has 1 aromatic rings. The number of nitrogens with one attached hydrogen (secondary N) is 1. The van der Waals surface area contributed by atoms with Crippen molar-refractivity contribution in [3.05, 3.63) is 15.9 Å². The summed E-state index contributed by atoms with van der Waals surface area (Å²) in [5.74, 6) is 0. The number of methoxy groups -OCH3 is 1. The van der Waals surface area contributed by atoms with Gasteiger partial charge in [-0.15, -0.1) is 0 Å². The molecule has 0 fully saturated rings. The van der Waals surface area contributed by atoms with Gasteiger partial charge in [-0.25, -0.2) is 0 Å². The predicted octanol–water partition coefficient (Wildman–Crippen LogP) is 1.11. The highest BCUT2D eigenvalue weighted by atomic mass is 79.9. The lowest BCUT2D eigenvalue weighted by molar-refractivity contribution is 0.157. The zero-order valence-corrected chi connectivity index (χ0v) is 12.8. The molecule has 0 aliphatic rings. The van der Waals surface area contributed by atoms with E-state index >= 15 is 0 Å². The van der Waals surface area contributed by atoms with Gasteiger partial charge in [0.1, 0.15) is 0 Å². The molecule has 1 rings (SSSR count). The molecule has 0 amide bonds. The van der Waals surface area contributed by atoms with E-state index in [0.29, 0.717) is 19.6 Å². The van der Waals surface area contributed by atoms with Gasteiger partial charge < -0.3 is 15.2 Å². The number of hydrogen-bond donors (Lipinski definition) is 2. The molecule has 1 aromatic heterocycles. The molecule has 0 spiro atoms. The summed E-state index contributed by atoms with van der Waals surface area (Å²) in [5.41, 5.74) is 2.02. The highest BCUT2D eigenvalue weighted by Crippen LogP contribution is 2.22. The van der Waals surface area contributed by atoms with Gasteiger partial charge in [0.25, 0.3) is 0 Å². The van der Waals surface area contributed by atoms with E-state index < -0.39 is 6.10 Å². The summed E-state index contributed by atoms with van der Waals surface area (Å²) < 4.78 is 7.86. The van der Waals surface area contributed by atoms with Crippen molar-refractivity contribution in [2.24, 2.45) is 0 Å². The van der Waals surface area contributed by atoms with Gasteiger partial charge in [0.15, 0.2) is 0 Å². The largest absolute Gasteiger partial charge is 0.391 e. The SMILES string of the molecule is CCn1nc(C)c(Br)c1CC(O)CNCCOC. The Morgan fingerprint density at radius 3 is 2.89 bits per heavy atom. The van der Waals surface area contributed by atoms with Crippen LogP contribution in [0.3, 0.4) is 0 Å². The lowest BCUT2D eigenvalue weighted by atomic mass is 10.2. The second-order valence-corrected chi connectivity index (χ2v) is 5.01. The van der Waals surface area contributed by atoms with Crippen LogP contribution in [0.5, 0.6) is 0 Å². The highest BCUT2D eigenvalue weighted by Gasteiger charge is 2.15. The van der Waals surface area contributed by atoms with Crippen molar-refractivity contribution >= 4 is 15.9 Å². The zero-order valence-electron chi connectivity index (χ0n) is 11.2. The lowest BCUT2D eigenvalue weighted by Gasteiger charge is -2.13. The quantitative estimate of drug-likeness (QED) is 0.705. The first kappa shape index (κ1) is 15.6. The second kappa shape index (κ2) is 7.89. The third-order valence-corrected chi connectivity index (χ3v) is 3.78. The average Bonchev–Trinajstić information content (AvgIpc) is 2.62. The summed E-state index contributed by atoms with van der Waals surface area (Å²) in [5, 5.41) is 17.6. The van der Waals surface area contributed by atoms with E-state index in [0.717, 1.165) is 29.0 Å². The normalized spacial score (nSPS) is 12.9. The fourth-order valence-electron chi connectivity index (χ4n) is 1.80. The van der Waals surface area contributed by atoms with Crippen molar-refractivity contribution in [3.63, 3.8) is 0 Å². The molecular formula is C12H22BrN3O2. The first-order valence-corrected chi connectivity index (χ1v) is 6.98. The number of rotatable bonds is 8. The summed E-state index contributed by atoms with van der Waals surface area (Å²) in [4.78, 5) is 0. The van der Waals surface area contributed by atoms with Gasteiger partial charge >= 0.3 is 0 Å². The Morgan fingerprint density at radius 2 is 2.28 bits per heavy atom. The Balaban J connectivity index is 2.50. The number of aliphatic hydroxyl groups is 1.